The molecule has 2 heterocycles. The molecule has 0 aromatic carbocycles. The van der Waals surface area contributed by atoms with Gasteiger partial charge < -0.3 is 15.7 Å². The van der Waals surface area contributed by atoms with E-state index in [1.807, 2.05) is 6.92 Å². The molecule has 4 N–H and O–H groups in total. The third-order valence-corrected chi connectivity index (χ3v) is 3.13. The van der Waals surface area contributed by atoms with E-state index in [4.69, 9.17) is 5.73 Å². The average molecular weight is 254 g/mol. The minimum Gasteiger partial charge on any atom is -0.389 e. The fourth-order valence-electron chi connectivity index (χ4n) is 2.06. The van der Waals surface area contributed by atoms with Crippen molar-refractivity contribution in [3.63, 3.8) is 0 Å². The summed E-state index contributed by atoms with van der Waals surface area (Å²) in [6.07, 6.45) is 1.32. The molecule has 1 saturated heterocycles. The molecule has 0 radical (unpaired) electrons. The Morgan fingerprint density at radius 3 is 2.67 bits per heavy atom. The quantitative estimate of drug-likeness (QED) is 0.646. The van der Waals surface area contributed by atoms with Crippen LogP contribution < -0.4 is 21.9 Å². The van der Waals surface area contributed by atoms with Crippen LogP contribution in [0.15, 0.2) is 9.59 Å². The Kier molecular flexibility index (Phi) is 3.42. The third-order valence-electron chi connectivity index (χ3n) is 3.13. The number of nitrogens with two attached hydrogens (primary N) is 1. The number of unbranched alkanes of at least 4 members (excludes halogenated alkanes) is 1. The van der Waals surface area contributed by atoms with E-state index in [0.717, 1.165) is 12.8 Å². The highest BCUT2D eigenvalue weighted by atomic mass is 16.3. The van der Waals surface area contributed by atoms with Crippen LogP contribution >= 0.6 is 0 Å². The SMILES string of the molecule is CCCCn1c(N)c(N2CC(O)C2)c(=O)[nH]c1=O. The maximum atomic E-state index is 11.8. The second-order valence-electron chi connectivity index (χ2n) is 4.56. The van der Waals surface area contributed by atoms with E-state index in [9.17, 15) is 14.7 Å². The zero-order valence-electron chi connectivity index (χ0n) is 10.3. The van der Waals surface area contributed by atoms with Gasteiger partial charge in [-0.15, -0.1) is 0 Å². The van der Waals surface area contributed by atoms with Crippen molar-refractivity contribution in [3.8, 4) is 0 Å². The number of nitrogens with one attached hydrogen (secondary N) is 1. The van der Waals surface area contributed by atoms with Crippen molar-refractivity contribution >= 4 is 11.5 Å². The predicted molar refractivity (Wildman–Crippen MR) is 68.9 cm³/mol. The smallest absolute Gasteiger partial charge is 0.330 e. The Hall–Kier alpha value is -1.76. The highest BCUT2D eigenvalue weighted by Crippen LogP contribution is 2.22. The van der Waals surface area contributed by atoms with Gasteiger partial charge in [0.1, 0.15) is 11.5 Å². The van der Waals surface area contributed by atoms with E-state index < -0.39 is 17.4 Å². The third kappa shape index (κ3) is 2.13. The Bertz CT molecular complexity index is 542. The summed E-state index contributed by atoms with van der Waals surface area (Å²) in [7, 11) is 0. The Labute approximate surface area is 104 Å². The van der Waals surface area contributed by atoms with Crippen LogP contribution in [0.5, 0.6) is 0 Å². The molecular formula is C11H18N4O3. The highest BCUT2D eigenvalue weighted by molar-refractivity contribution is 5.63. The number of β-amino-alcohol motifs (C(OH)–C–C–N with tert-alkyl or cyclic N) is 1. The summed E-state index contributed by atoms with van der Waals surface area (Å²) >= 11 is 0. The van der Waals surface area contributed by atoms with Crippen molar-refractivity contribution in [2.75, 3.05) is 23.7 Å². The van der Waals surface area contributed by atoms with E-state index in [2.05, 4.69) is 4.98 Å². The van der Waals surface area contributed by atoms with Gasteiger partial charge in [-0.05, 0) is 6.42 Å². The van der Waals surface area contributed by atoms with Crippen molar-refractivity contribution in [2.24, 2.45) is 0 Å². The predicted octanol–water partition coefficient (Wildman–Crippen LogP) is -0.900. The fraction of sp³-hybridized carbons (Fsp3) is 0.636. The molecule has 0 aliphatic carbocycles. The van der Waals surface area contributed by atoms with Crippen LogP contribution in [0, 0.1) is 0 Å². The topological polar surface area (TPSA) is 104 Å². The second-order valence-corrected chi connectivity index (χ2v) is 4.56. The van der Waals surface area contributed by atoms with Crippen LogP contribution in [0.4, 0.5) is 11.5 Å². The number of aromatic nitrogens is 2. The Morgan fingerprint density at radius 1 is 1.44 bits per heavy atom. The molecule has 0 saturated carbocycles. The molecule has 7 nitrogen and oxygen atoms in total. The maximum Gasteiger partial charge on any atom is 0.330 e. The molecule has 2 rings (SSSR count). The molecule has 7 heteroatoms. The summed E-state index contributed by atoms with van der Waals surface area (Å²) in [5, 5.41) is 9.26. The van der Waals surface area contributed by atoms with Crippen molar-refractivity contribution in [3.05, 3.63) is 20.8 Å². The fourth-order valence-corrected chi connectivity index (χ4v) is 2.06. The number of aliphatic hydroxyl groups is 1. The van der Waals surface area contributed by atoms with E-state index in [-0.39, 0.29) is 11.5 Å². The van der Waals surface area contributed by atoms with Crippen LogP contribution in [0.3, 0.4) is 0 Å². The molecule has 100 valence electrons. The summed E-state index contributed by atoms with van der Waals surface area (Å²) < 4.78 is 1.38. The van der Waals surface area contributed by atoms with Gasteiger partial charge in [-0.25, -0.2) is 4.79 Å². The van der Waals surface area contributed by atoms with Crippen LogP contribution in [-0.4, -0.2) is 33.9 Å². The van der Waals surface area contributed by atoms with Gasteiger partial charge in [0, 0.05) is 19.6 Å². The molecule has 18 heavy (non-hydrogen) atoms. The first kappa shape index (κ1) is 12.7. The molecule has 0 bridgehead atoms. The van der Waals surface area contributed by atoms with Crippen LogP contribution in [0.2, 0.25) is 0 Å². The summed E-state index contributed by atoms with van der Waals surface area (Å²) in [5.41, 5.74) is 5.22. The largest absolute Gasteiger partial charge is 0.389 e. The Morgan fingerprint density at radius 2 is 2.11 bits per heavy atom. The number of anilines is 2. The molecule has 0 unspecified atom stereocenters. The number of aliphatic hydroxyl groups excluding tert-OH is 1. The lowest BCUT2D eigenvalue weighted by Gasteiger charge is -2.37. The van der Waals surface area contributed by atoms with Gasteiger partial charge in [0.2, 0.25) is 0 Å². The number of aromatic amines is 1. The van der Waals surface area contributed by atoms with E-state index in [1.165, 1.54) is 4.57 Å². The van der Waals surface area contributed by atoms with Gasteiger partial charge in [-0.3, -0.25) is 14.3 Å². The van der Waals surface area contributed by atoms with Crippen molar-refractivity contribution in [1.29, 1.82) is 0 Å². The molecule has 1 aliphatic heterocycles. The van der Waals surface area contributed by atoms with Gasteiger partial charge in [0.05, 0.1) is 6.10 Å². The Balaban J connectivity index is 2.40. The number of nitrogens with zero attached hydrogens (tertiary/aromatic N) is 2. The lowest BCUT2D eigenvalue weighted by Crippen LogP contribution is -2.53. The highest BCUT2D eigenvalue weighted by Gasteiger charge is 2.29. The van der Waals surface area contributed by atoms with Gasteiger partial charge in [0.15, 0.2) is 0 Å². The van der Waals surface area contributed by atoms with Crippen molar-refractivity contribution in [1.82, 2.24) is 9.55 Å². The monoisotopic (exact) mass is 254 g/mol. The standard InChI is InChI=1S/C11H18N4O3/c1-2-3-4-15-9(12)8(10(17)13-11(15)18)14-5-7(16)6-14/h7,16H,2-6,12H2,1H3,(H,13,17,18). The van der Waals surface area contributed by atoms with Gasteiger partial charge in [-0.2, -0.15) is 0 Å². The molecular weight excluding hydrogens is 236 g/mol. The lowest BCUT2D eigenvalue weighted by molar-refractivity contribution is 0.141. The summed E-state index contributed by atoms with van der Waals surface area (Å²) in [5.74, 6) is 0.184. The van der Waals surface area contributed by atoms with E-state index in [0.29, 0.717) is 19.6 Å². The van der Waals surface area contributed by atoms with E-state index in [1.54, 1.807) is 4.90 Å². The summed E-state index contributed by atoms with van der Waals surface area (Å²) in [4.78, 5) is 27.4. The van der Waals surface area contributed by atoms with Crippen molar-refractivity contribution < 1.29 is 5.11 Å². The first-order chi connectivity index (χ1) is 8.54. The first-order valence-electron chi connectivity index (χ1n) is 6.10. The van der Waals surface area contributed by atoms with Crippen LogP contribution in [0.1, 0.15) is 19.8 Å². The van der Waals surface area contributed by atoms with Crippen LogP contribution in [0.25, 0.3) is 0 Å². The van der Waals surface area contributed by atoms with Crippen LogP contribution in [-0.2, 0) is 6.54 Å². The molecule has 1 fully saturated rings. The van der Waals surface area contributed by atoms with Gasteiger partial charge in [0.25, 0.3) is 5.56 Å². The second kappa shape index (κ2) is 4.85. The minimum atomic E-state index is -0.489. The number of hydrogen-bond acceptors (Lipinski definition) is 5. The van der Waals surface area contributed by atoms with Gasteiger partial charge >= 0.3 is 5.69 Å². The lowest BCUT2D eigenvalue weighted by atomic mass is 10.1. The normalized spacial score (nSPS) is 15.8. The molecule has 1 aliphatic rings. The number of rotatable bonds is 4. The zero-order valence-corrected chi connectivity index (χ0v) is 10.3. The molecule has 1 aromatic heterocycles. The first-order valence-corrected chi connectivity index (χ1v) is 6.10. The number of nitrogen functional groups attached to an aromatic ring is 1. The van der Waals surface area contributed by atoms with Gasteiger partial charge in [-0.1, -0.05) is 13.3 Å². The summed E-state index contributed by atoms with van der Waals surface area (Å²) in [6, 6.07) is 0. The maximum absolute atomic E-state index is 11.8. The molecule has 1 aromatic rings. The molecule has 0 atom stereocenters. The average Bonchev–Trinajstić information content (AvgIpc) is 2.26. The zero-order chi connectivity index (χ0) is 13.3. The number of H-pyrrole nitrogens is 1. The molecule has 0 spiro atoms. The van der Waals surface area contributed by atoms with Crippen molar-refractivity contribution in [2.45, 2.75) is 32.4 Å². The minimum absolute atomic E-state index is 0.184. The molecule has 0 amide bonds. The summed E-state index contributed by atoms with van der Waals surface area (Å²) in [6.45, 7) is 3.25. The number of hydrogen-bond donors (Lipinski definition) is 3. The van der Waals surface area contributed by atoms with E-state index >= 15 is 0 Å².